The molecule has 43 heavy (non-hydrogen) atoms. The molecule has 0 aliphatic heterocycles. The fourth-order valence-corrected chi connectivity index (χ4v) is 6.85. The van der Waals surface area contributed by atoms with E-state index in [1.165, 1.54) is 6.07 Å². The van der Waals surface area contributed by atoms with Gasteiger partial charge in [-0.1, -0.05) is 91.8 Å². The lowest BCUT2D eigenvalue weighted by Gasteiger charge is -2.39. The highest BCUT2D eigenvalue weighted by Gasteiger charge is 2.45. The number of sulfonamides is 1. The van der Waals surface area contributed by atoms with Crippen LogP contribution in [0.5, 0.6) is 0 Å². The van der Waals surface area contributed by atoms with E-state index in [9.17, 15) is 18.0 Å². The first kappa shape index (κ1) is 31.7. The molecule has 10 heteroatoms. The number of nitrogens with zero attached hydrogens (tertiary/aromatic N) is 2. The number of hydrogen-bond acceptors (Lipinski definition) is 6. The number of likely N-dealkylation sites (N-methyl/N-ethyl adjacent to an activating group) is 1. The smallest absolute Gasteiger partial charge is 0.314 e. The maximum Gasteiger partial charge on any atom is 0.314 e. The zero-order chi connectivity index (χ0) is 31.4. The summed E-state index contributed by atoms with van der Waals surface area (Å²) in [7, 11) is -2.21. The fraction of sp³-hybridized carbons (Fsp3) is 0.303. The number of anilines is 1. The summed E-state index contributed by atoms with van der Waals surface area (Å²) in [4.78, 5) is 26.5. The van der Waals surface area contributed by atoms with Gasteiger partial charge >= 0.3 is 5.91 Å². The van der Waals surface area contributed by atoms with E-state index >= 15 is 0 Å². The SMILES string of the molecule is Cc1onc(NS(=O)(=O)c2ccccc2-c2ccc(C[N+](C)(C(=O)CCc3ccccc3)[C@H](C(N)=O)C(C)C)cc2)c1C. The van der Waals surface area contributed by atoms with Crippen LogP contribution in [0.25, 0.3) is 11.1 Å². The minimum atomic E-state index is -3.98. The zero-order valence-corrected chi connectivity index (χ0v) is 26.0. The van der Waals surface area contributed by atoms with Crippen LogP contribution in [0.1, 0.15) is 42.7 Å². The standard InChI is InChI=1S/C33H38N4O5S/c1-22(2)31(32(34)39)37(5,30(38)20-17-25-11-7-6-8-12-25)21-26-15-18-27(19-16-26)28-13-9-10-14-29(28)43(40,41)36-33-23(3)24(4)42-35-33/h6-16,18-19,22,31H,17,20-21H2,1-5H3,(H2-,34,35,36,39)/p+1/t31-,37?/m0/s1. The first-order chi connectivity index (χ1) is 20.3. The second-order valence-electron chi connectivity index (χ2n) is 11.4. The lowest BCUT2D eigenvalue weighted by atomic mass is 9.96. The number of aromatic nitrogens is 1. The Bertz CT molecular complexity index is 1700. The van der Waals surface area contributed by atoms with Crippen molar-refractivity contribution in [1.29, 1.82) is 0 Å². The first-order valence-corrected chi connectivity index (χ1v) is 15.7. The number of amides is 2. The second-order valence-corrected chi connectivity index (χ2v) is 13.1. The molecule has 226 valence electrons. The number of nitrogens with one attached hydrogen (secondary N) is 1. The minimum Gasteiger partial charge on any atom is -0.364 e. The summed E-state index contributed by atoms with van der Waals surface area (Å²) < 4.78 is 34.2. The molecule has 1 heterocycles. The molecule has 2 amide bonds. The van der Waals surface area contributed by atoms with E-state index < -0.39 is 22.0 Å². The Kier molecular flexibility index (Phi) is 9.52. The Balaban J connectivity index is 1.63. The van der Waals surface area contributed by atoms with Gasteiger partial charge < -0.3 is 10.3 Å². The number of carbonyl (C=O) groups is 2. The number of rotatable bonds is 12. The van der Waals surface area contributed by atoms with Crippen LogP contribution in [0.15, 0.2) is 88.3 Å². The average Bonchev–Trinajstić information content (AvgIpc) is 3.28. The van der Waals surface area contributed by atoms with Crippen molar-refractivity contribution in [3.05, 3.63) is 101 Å². The third kappa shape index (κ3) is 7.03. The molecule has 0 saturated carbocycles. The molecular weight excluding hydrogens is 564 g/mol. The van der Waals surface area contributed by atoms with E-state index in [-0.39, 0.29) is 40.0 Å². The molecule has 0 aliphatic rings. The van der Waals surface area contributed by atoms with Gasteiger partial charge in [-0.25, -0.2) is 17.7 Å². The molecule has 4 rings (SSSR count). The molecule has 4 aromatic rings. The van der Waals surface area contributed by atoms with Gasteiger partial charge in [0.2, 0.25) is 0 Å². The lowest BCUT2D eigenvalue weighted by molar-refractivity contribution is -0.868. The van der Waals surface area contributed by atoms with Gasteiger partial charge in [0.15, 0.2) is 11.9 Å². The average molecular weight is 604 g/mol. The number of benzene rings is 3. The molecule has 2 atom stereocenters. The van der Waals surface area contributed by atoms with Crippen molar-refractivity contribution in [1.82, 2.24) is 5.16 Å². The van der Waals surface area contributed by atoms with Crippen LogP contribution in [0.2, 0.25) is 0 Å². The lowest BCUT2D eigenvalue weighted by Crippen LogP contribution is -2.62. The summed E-state index contributed by atoms with van der Waals surface area (Å²) in [5, 5.41) is 3.83. The molecule has 3 N–H and O–H groups in total. The number of carbonyl (C=O) groups excluding carboxylic acids is 2. The van der Waals surface area contributed by atoms with Crippen LogP contribution >= 0.6 is 0 Å². The molecule has 0 fully saturated rings. The zero-order valence-electron chi connectivity index (χ0n) is 25.2. The van der Waals surface area contributed by atoms with Crippen molar-refractivity contribution in [3.63, 3.8) is 0 Å². The predicted molar refractivity (Wildman–Crippen MR) is 166 cm³/mol. The molecule has 1 aromatic heterocycles. The molecule has 0 spiro atoms. The highest BCUT2D eigenvalue weighted by atomic mass is 32.2. The van der Waals surface area contributed by atoms with E-state index in [1.54, 1.807) is 39.1 Å². The maximum atomic E-state index is 13.8. The van der Waals surface area contributed by atoms with Gasteiger partial charge in [0, 0.05) is 22.6 Å². The Hall–Kier alpha value is -4.28. The minimum absolute atomic E-state index is 0.0775. The number of aryl methyl sites for hydroxylation is 2. The molecule has 0 saturated heterocycles. The van der Waals surface area contributed by atoms with E-state index in [4.69, 9.17) is 10.3 Å². The van der Waals surface area contributed by atoms with Crippen LogP contribution in [0.3, 0.4) is 0 Å². The van der Waals surface area contributed by atoms with E-state index in [0.717, 1.165) is 11.1 Å². The van der Waals surface area contributed by atoms with Crippen molar-refractivity contribution in [2.45, 2.75) is 58.0 Å². The fourth-order valence-electron chi connectivity index (χ4n) is 5.56. The third-order valence-corrected chi connectivity index (χ3v) is 9.31. The van der Waals surface area contributed by atoms with E-state index in [0.29, 0.717) is 28.9 Å². The van der Waals surface area contributed by atoms with Gasteiger partial charge in [-0.05, 0) is 37.5 Å². The maximum absolute atomic E-state index is 13.8. The topological polar surface area (TPSA) is 132 Å². The first-order valence-electron chi connectivity index (χ1n) is 14.2. The molecular formula is C33H39N4O5S+. The molecule has 1 unspecified atom stereocenters. The van der Waals surface area contributed by atoms with Gasteiger partial charge in [-0.15, -0.1) is 0 Å². The molecule has 0 bridgehead atoms. The van der Waals surface area contributed by atoms with Crippen LogP contribution in [-0.4, -0.2) is 43.0 Å². The van der Waals surface area contributed by atoms with Crippen molar-refractivity contribution in [2.24, 2.45) is 11.7 Å². The Morgan fingerprint density at radius 3 is 2.14 bits per heavy atom. The highest BCUT2D eigenvalue weighted by molar-refractivity contribution is 7.92. The monoisotopic (exact) mass is 603 g/mol. The summed E-state index contributed by atoms with van der Waals surface area (Å²) >= 11 is 0. The predicted octanol–water partition coefficient (Wildman–Crippen LogP) is 5.38. The van der Waals surface area contributed by atoms with Crippen LogP contribution in [-0.2, 0) is 32.6 Å². The molecule has 3 aromatic carbocycles. The van der Waals surface area contributed by atoms with Gasteiger partial charge in [-0.2, -0.15) is 0 Å². The van der Waals surface area contributed by atoms with Crippen LogP contribution in [0, 0.1) is 19.8 Å². The summed E-state index contributed by atoms with van der Waals surface area (Å²) in [5.41, 5.74) is 9.53. The third-order valence-electron chi connectivity index (χ3n) is 7.92. The number of hydrogen-bond donors (Lipinski definition) is 2. The summed E-state index contributed by atoms with van der Waals surface area (Å²) in [6.45, 7) is 7.49. The van der Waals surface area contributed by atoms with E-state index in [2.05, 4.69) is 9.88 Å². The number of primary amides is 1. The summed E-state index contributed by atoms with van der Waals surface area (Å²) in [6, 6.07) is 23.1. The normalized spacial score (nSPS) is 13.8. The quantitative estimate of drug-likeness (QED) is 0.209. The van der Waals surface area contributed by atoms with Crippen molar-refractivity contribution in [2.75, 3.05) is 11.8 Å². The van der Waals surface area contributed by atoms with Crippen LogP contribution in [0.4, 0.5) is 5.82 Å². The van der Waals surface area contributed by atoms with Gasteiger partial charge in [-0.3, -0.25) is 9.52 Å². The Labute approximate surface area is 253 Å². The van der Waals surface area contributed by atoms with Crippen LogP contribution < -0.4 is 10.5 Å². The molecule has 9 nitrogen and oxygen atoms in total. The van der Waals surface area contributed by atoms with Crippen molar-refractivity contribution in [3.8, 4) is 11.1 Å². The van der Waals surface area contributed by atoms with Gasteiger partial charge in [0.1, 0.15) is 12.3 Å². The largest absolute Gasteiger partial charge is 0.364 e. The van der Waals surface area contributed by atoms with Crippen molar-refractivity contribution >= 4 is 27.7 Å². The Morgan fingerprint density at radius 1 is 0.930 bits per heavy atom. The Morgan fingerprint density at radius 2 is 1.56 bits per heavy atom. The second kappa shape index (κ2) is 12.9. The summed E-state index contributed by atoms with van der Waals surface area (Å²) in [6.07, 6.45) is 0.820. The van der Waals surface area contributed by atoms with Gasteiger partial charge in [0.05, 0.1) is 18.4 Å². The molecule has 0 radical (unpaired) electrons. The number of quaternary nitrogens is 1. The number of nitrogens with two attached hydrogens (primary N) is 1. The molecule has 0 aliphatic carbocycles. The highest BCUT2D eigenvalue weighted by Crippen LogP contribution is 2.31. The van der Waals surface area contributed by atoms with Crippen molar-refractivity contribution < 1.29 is 27.0 Å². The summed E-state index contributed by atoms with van der Waals surface area (Å²) in [5.74, 6) is -0.0887. The van der Waals surface area contributed by atoms with E-state index in [1.807, 2.05) is 68.4 Å². The van der Waals surface area contributed by atoms with Gasteiger partial charge in [0.25, 0.3) is 15.9 Å².